The number of rotatable bonds is 5. The van der Waals surface area contributed by atoms with Gasteiger partial charge in [0.2, 0.25) is 11.1 Å². The number of nitrogens with zero attached hydrogens (tertiary/aromatic N) is 2. The van der Waals surface area contributed by atoms with E-state index in [1.165, 1.54) is 30.0 Å². The first-order chi connectivity index (χ1) is 11.5. The number of carbonyl (C=O) groups is 1. The number of carbonyl (C=O) groups excluding carboxylic acids is 1. The average molecular weight is 383 g/mol. The Morgan fingerprint density at radius 3 is 3.00 bits per heavy atom. The third kappa shape index (κ3) is 3.95. The van der Waals surface area contributed by atoms with Crippen LogP contribution in [0.15, 0.2) is 40.9 Å². The lowest BCUT2D eigenvalue weighted by Crippen LogP contribution is -2.22. The Balaban J connectivity index is 1.62. The zero-order valence-corrected chi connectivity index (χ0v) is 14.8. The number of H-pyrrole nitrogens is 1. The number of thiophene rings is 1. The summed E-state index contributed by atoms with van der Waals surface area (Å²) in [7, 11) is 0. The van der Waals surface area contributed by atoms with Crippen LogP contribution in [0.25, 0.3) is 10.7 Å². The van der Waals surface area contributed by atoms with Crippen molar-refractivity contribution in [3.63, 3.8) is 0 Å². The Hall–Kier alpha value is -1.90. The van der Waals surface area contributed by atoms with Crippen LogP contribution in [0.4, 0.5) is 10.1 Å². The summed E-state index contributed by atoms with van der Waals surface area (Å²) in [5, 5.41) is 11.6. The summed E-state index contributed by atoms with van der Waals surface area (Å²) in [5.74, 6) is -0.102. The third-order valence-corrected chi connectivity index (χ3v) is 5.19. The van der Waals surface area contributed by atoms with Gasteiger partial charge >= 0.3 is 0 Å². The van der Waals surface area contributed by atoms with Gasteiger partial charge in [-0.25, -0.2) is 9.37 Å². The van der Waals surface area contributed by atoms with E-state index in [1.807, 2.05) is 17.5 Å². The van der Waals surface area contributed by atoms with Crippen molar-refractivity contribution in [3.8, 4) is 10.7 Å². The number of thioether (sulfide) groups is 1. The number of aromatic nitrogens is 3. The summed E-state index contributed by atoms with van der Waals surface area (Å²) in [6.45, 7) is 1.74. The number of aromatic amines is 1. The zero-order valence-electron chi connectivity index (χ0n) is 12.4. The summed E-state index contributed by atoms with van der Waals surface area (Å²) in [5.41, 5.74) is 0.438. The Kier molecular flexibility index (Phi) is 5.17. The fraction of sp³-hybridized carbons (Fsp3) is 0.133. The molecule has 3 aromatic rings. The number of anilines is 1. The van der Waals surface area contributed by atoms with Gasteiger partial charge in [-0.1, -0.05) is 29.4 Å². The van der Waals surface area contributed by atoms with Crippen molar-refractivity contribution in [2.75, 3.05) is 5.32 Å². The lowest BCUT2D eigenvalue weighted by atomic mass is 10.3. The normalized spacial score (nSPS) is 12.1. The number of hydrogen-bond acceptors (Lipinski definition) is 5. The largest absolute Gasteiger partial charge is 0.325 e. The van der Waals surface area contributed by atoms with Gasteiger partial charge in [-0.15, -0.1) is 16.4 Å². The van der Waals surface area contributed by atoms with Gasteiger partial charge in [-0.05, 0) is 36.6 Å². The van der Waals surface area contributed by atoms with E-state index in [0.717, 1.165) is 4.88 Å². The molecule has 0 radical (unpaired) electrons. The van der Waals surface area contributed by atoms with Gasteiger partial charge in [0, 0.05) is 5.69 Å². The Morgan fingerprint density at radius 1 is 1.46 bits per heavy atom. The van der Waals surface area contributed by atoms with Crippen molar-refractivity contribution in [1.29, 1.82) is 0 Å². The minimum atomic E-state index is -0.529. The first-order valence-electron chi connectivity index (χ1n) is 6.92. The molecule has 0 saturated carbocycles. The van der Waals surface area contributed by atoms with Gasteiger partial charge in [0.05, 0.1) is 15.1 Å². The zero-order chi connectivity index (χ0) is 17.1. The molecule has 5 nitrogen and oxygen atoms in total. The van der Waals surface area contributed by atoms with Crippen LogP contribution in [0.1, 0.15) is 6.92 Å². The molecule has 0 saturated heterocycles. The van der Waals surface area contributed by atoms with Crippen molar-refractivity contribution in [3.05, 3.63) is 46.6 Å². The smallest absolute Gasteiger partial charge is 0.237 e. The molecule has 2 aromatic heterocycles. The van der Waals surface area contributed by atoms with E-state index in [2.05, 4.69) is 20.5 Å². The molecular formula is C15H12ClFN4OS2. The van der Waals surface area contributed by atoms with Crippen LogP contribution in [0.3, 0.4) is 0 Å². The highest BCUT2D eigenvalue weighted by Gasteiger charge is 2.18. The highest BCUT2D eigenvalue weighted by atomic mass is 35.5. The van der Waals surface area contributed by atoms with Gasteiger partial charge in [-0.3, -0.25) is 9.89 Å². The second-order valence-electron chi connectivity index (χ2n) is 4.82. The average Bonchev–Trinajstić information content (AvgIpc) is 3.21. The van der Waals surface area contributed by atoms with Crippen molar-refractivity contribution < 1.29 is 9.18 Å². The van der Waals surface area contributed by atoms with Gasteiger partial charge < -0.3 is 5.32 Å². The fourth-order valence-electron chi connectivity index (χ4n) is 1.85. The SMILES string of the molecule is C[C@@H](Sc1n[nH]c(-c2cccs2)n1)C(=O)Nc1ccc(F)c(Cl)c1. The highest BCUT2D eigenvalue weighted by Crippen LogP contribution is 2.26. The molecule has 0 aliphatic carbocycles. The monoisotopic (exact) mass is 382 g/mol. The quantitative estimate of drug-likeness (QED) is 0.640. The Bertz CT molecular complexity index is 853. The van der Waals surface area contributed by atoms with Crippen LogP contribution < -0.4 is 5.32 Å². The van der Waals surface area contributed by atoms with Crippen LogP contribution >= 0.6 is 34.7 Å². The Labute approximate surface area is 150 Å². The molecule has 2 N–H and O–H groups in total. The van der Waals surface area contributed by atoms with Gasteiger partial charge in [0.25, 0.3) is 0 Å². The maximum atomic E-state index is 13.1. The van der Waals surface area contributed by atoms with Crippen molar-refractivity contribution >= 4 is 46.3 Å². The van der Waals surface area contributed by atoms with E-state index in [1.54, 1.807) is 18.3 Å². The van der Waals surface area contributed by atoms with E-state index < -0.39 is 11.1 Å². The standard InChI is InChI=1S/C15H12ClFN4OS2/c1-8(14(22)18-9-4-5-11(17)10(16)7-9)24-15-19-13(20-21-15)12-3-2-6-23-12/h2-8H,1H3,(H,18,22)(H,19,20,21)/t8-/m1/s1. The van der Waals surface area contributed by atoms with Crippen LogP contribution in [0.5, 0.6) is 0 Å². The van der Waals surface area contributed by atoms with Crippen LogP contribution in [-0.4, -0.2) is 26.3 Å². The highest BCUT2D eigenvalue weighted by molar-refractivity contribution is 8.00. The second kappa shape index (κ2) is 7.33. The first-order valence-corrected chi connectivity index (χ1v) is 9.05. The van der Waals surface area contributed by atoms with Crippen LogP contribution in [-0.2, 0) is 4.79 Å². The number of hydrogen-bond donors (Lipinski definition) is 2. The summed E-state index contributed by atoms with van der Waals surface area (Å²) in [4.78, 5) is 17.6. The molecule has 0 aliphatic rings. The van der Waals surface area contributed by atoms with Gasteiger partial charge in [-0.2, -0.15) is 0 Å². The molecule has 9 heteroatoms. The molecule has 124 valence electrons. The molecule has 0 bridgehead atoms. The lowest BCUT2D eigenvalue weighted by Gasteiger charge is -2.10. The number of halogens is 2. The van der Waals surface area contributed by atoms with Crippen molar-refractivity contribution in [2.45, 2.75) is 17.3 Å². The third-order valence-electron chi connectivity index (χ3n) is 3.06. The molecule has 0 aliphatic heterocycles. The molecule has 1 aromatic carbocycles. The molecule has 3 rings (SSSR count). The first kappa shape index (κ1) is 16.9. The Morgan fingerprint density at radius 2 is 2.29 bits per heavy atom. The topological polar surface area (TPSA) is 70.7 Å². The van der Waals surface area contributed by atoms with E-state index in [4.69, 9.17) is 11.6 Å². The van der Waals surface area contributed by atoms with E-state index in [0.29, 0.717) is 16.7 Å². The molecule has 0 unspecified atom stereocenters. The van der Waals surface area contributed by atoms with E-state index >= 15 is 0 Å². The number of nitrogens with one attached hydrogen (secondary N) is 2. The fourth-order valence-corrected chi connectivity index (χ4v) is 3.42. The maximum Gasteiger partial charge on any atom is 0.237 e. The van der Waals surface area contributed by atoms with Gasteiger partial charge in [0.15, 0.2) is 5.82 Å². The minimum Gasteiger partial charge on any atom is -0.325 e. The molecule has 0 fully saturated rings. The van der Waals surface area contributed by atoms with E-state index in [9.17, 15) is 9.18 Å². The van der Waals surface area contributed by atoms with Gasteiger partial charge in [0.1, 0.15) is 5.82 Å². The lowest BCUT2D eigenvalue weighted by molar-refractivity contribution is -0.115. The number of amides is 1. The molecule has 1 amide bonds. The summed E-state index contributed by atoms with van der Waals surface area (Å²) in [6.07, 6.45) is 0. The predicted molar refractivity (Wildman–Crippen MR) is 95.1 cm³/mol. The van der Waals surface area contributed by atoms with Crippen molar-refractivity contribution in [1.82, 2.24) is 15.2 Å². The molecule has 2 heterocycles. The second-order valence-corrected chi connectivity index (χ2v) is 7.48. The number of benzene rings is 1. The summed E-state index contributed by atoms with van der Waals surface area (Å²) >= 11 is 8.49. The molecular weight excluding hydrogens is 371 g/mol. The van der Waals surface area contributed by atoms with Crippen LogP contribution in [0, 0.1) is 5.82 Å². The maximum absolute atomic E-state index is 13.1. The van der Waals surface area contributed by atoms with E-state index in [-0.39, 0.29) is 10.9 Å². The van der Waals surface area contributed by atoms with Crippen molar-refractivity contribution in [2.24, 2.45) is 0 Å². The molecule has 1 atom stereocenters. The summed E-state index contributed by atoms with van der Waals surface area (Å²) in [6, 6.07) is 7.90. The molecule has 24 heavy (non-hydrogen) atoms. The minimum absolute atomic E-state index is 0.0392. The predicted octanol–water partition coefficient (Wildman–Crippen LogP) is 4.45. The molecule has 0 spiro atoms. The van der Waals surface area contributed by atoms with Crippen LogP contribution in [0.2, 0.25) is 5.02 Å². The summed E-state index contributed by atoms with van der Waals surface area (Å²) < 4.78 is 13.1.